The molecule has 1 N–H and O–H groups in total. The molecule has 0 saturated heterocycles. The molecule has 2 aromatic carbocycles. The highest BCUT2D eigenvalue weighted by Crippen LogP contribution is 2.24. The van der Waals surface area contributed by atoms with E-state index in [1.165, 1.54) is 6.34 Å². The third-order valence-corrected chi connectivity index (χ3v) is 2.68. The highest BCUT2D eigenvalue weighted by Gasteiger charge is 2.06. The molecule has 0 amide bonds. The summed E-state index contributed by atoms with van der Waals surface area (Å²) in [5.74, 6) is 0. The summed E-state index contributed by atoms with van der Waals surface area (Å²) >= 11 is 0. The van der Waals surface area contributed by atoms with Crippen molar-refractivity contribution in [1.29, 1.82) is 15.9 Å². The average molecular weight is 246 g/mol. The van der Waals surface area contributed by atoms with Crippen LogP contribution in [-0.4, -0.2) is 6.34 Å². The van der Waals surface area contributed by atoms with Crippen molar-refractivity contribution in [3.63, 3.8) is 0 Å². The van der Waals surface area contributed by atoms with Crippen LogP contribution in [0.5, 0.6) is 0 Å². The minimum absolute atomic E-state index is 0.577. The van der Waals surface area contributed by atoms with Gasteiger partial charge in [0.1, 0.15) is 0 Å². The van der Waals surface area contributed by atoms with E-state index in [9.17, 15) is 0 Å². The predicted octanol–water partition coefficient (Wildman–Crippen LogP) is 3.18. The lowest BCUT2D eigenvalue weighted by Gasteiger charge is -2.19. The molecule has 4 heteroatoms. The molecule has 0 bridgehead atoms. The minimum Gasteiger partial charge on any atom is -0.302 e. The van der Waals surface area contributed by atoms with Crippen LogP contribution in [0.2, 0.25) is 0 Å². The van der Waals surface area contributed by atoms with Crippen LogP contribution < -0.4 is 4.90 Å². The minimum atomic E-state index is 0.577. The van der Waals surface area contributed by atoms with Gasteiger partial charge in [-0.25, -0.2) is 0 Å². The van der Waals surface area contributed by atoms with Gasteiger partial charge in [0.25, 0.3) is 0 Å². The van der Waals surface area contributed by atoms with Gasteiger partial charge in [0.2, 0.25) is 0 Å². The maximum absolute atomic E-state index is 8.76. The third kappa shape index (κ3) is 2.59. The first-order chi connectivity index (χ1) is 9.28. The zero-order valence-corrected chi connectivity index (χ0v) is 10.0. The lowest BCUT2D eigenvalue weighted by Crippen LogP contribution is -2.13. The Labute approximate surface area is 111 Å². The van der Waals surface area contributed by atoms with E-state index in [1.807, 2.05) is 0 Å². The maximum Gasteiger partial charge on any atom is 0.0991 e. The van der Waals surface area contributed by atoms with Gasteiger partial charge in [0, 0.05) is 11.4 Å². The van der Waals surface area contributed by atoms with Gasteiger partial charge >= 0.3 is 0 Å². The van der Waals surface area contributed by atoms with Crippen LogP contribution in [0, 0.1) is 28.1 Å². The molecule has 0 aromatic heterocycles. The Balaban J connectivity index is 2.35. The zero-order chi connectivity index (χ0) is 13.7. The molecule has 0 aliphatic heterocycles. The van der Waals surface area contributed by atoms with Crippen molar-refractivity contribution in [2.45, 2.75) is 0 Å². The largest absolute Gasteiger partial charge is 0.302 e. The monoisotopic (exact) mass is 246 g/mol. The van der Waals surface area contributed by atoms with Crippen molar-refractivity contribution in [2.75, 3.05) is 4.90 Å². The summed E-state index contributed by atoms with van der Waals surface area (Å²) in [4.78, 5) is 1.67. The fourth-order valence-corrected chi connectivity index (χ4v) is 1.69. The smallest absolute Gasteiger partial charge is 0.0991 e. The Morgan fingerprint density at radius 1 is 0.789 bits per heavy atom. The molecule has 0 heterocycles. The zero-order valence-electron chi connectivity index (χ0n) is 10.0. The van der Waals surface area contributed by atoms with Gasteiger partial charge in [-0.2, -0.15) is 10.5 Å². The number of hydrogen-bond acceptors (Lipinski definition) is 3. The van der Waals surface area contributed by atoms with Crippen molar-refractivity contribution < 1.29 is 0 Å². The topological polar surface area (TPSA) is 74.7 Å². The fraction of sp³-hybridized carbons (Fsp3) is 0. The SMILES string of the molecule is N#Cc1ccc(N(C=N)c2ccc(C#N)cc2)cc1. The quantitative estimate of drug-likeness (QED) is 0.667. The molecule has 19 heavy (non-hydrogen) atoms. The average Bonchev–Trinajstić information content (AvgIpc) is 2.49. The van der Waals surface area contributed by atoms with E-state index in [1.54, 1.807) is 53.4 Å². The van der Waals surface area contributed by atoms with Crippen LogP contribution in [0.1, 0.15) is 11.1 Å². The number of nitrogens with zero attached hydrogens (tertiary/aromatic N) is 3. The number of anilines is 2. The molecule has 0 atom stereocenters. The van der Waals surface area contributed by atoms with Crippen molar-refractivity contribution in [3.05, 3.63) is 59.7 Å². The van der Waals surface area contributed by atoms with Crippen molar-refractivity contribution in [3.8, 4) is 12.1 Å². The van der Waals surface area contributed by atoms with E-state index >= 15 is 0 Å². The Morgan fingerprint density at radius 2 is 1.16 bits per heavy atom. The number of benzene rings is 2. The molecule has 0 spiro atoms. The normalized spacial score (nSPS) is 9.16. The van der Waals surface area contributed by atoms with E-state index in [0.717, 1.165) is 11.4 Å². The second-order valence-electron chi connectivity index (χ2n) is 3.82. The molecule has 2 rings (SSSR count). The molecule has 0 saturated carbocycles. The number of rotatable bonds is 3. The lowest BCUT2D eigenvalue weighted by atomic mass is 10.2. The molecule has 2 aromatic rings. The summed E-state index contributed by atoms with van der Waals surface area (Å²) < 4.78 is 0. The Kier molecular flexibility index (Phi) is 3.56. The summed E-state index contributed by atoms with van der Waals surface area (Å²) in [5, 5.41) is 25.0. The maximum atomic E-state index is 8.76. The molecule has 0 unspecified atom stereocenters. The van der Waals surface area contributed by atoms with Crippen LogP contribution in [0.4, 0.5) is 11.4 Å². The van der Waals surface area contributed by atoms with E-state index < -0.39 is 0 Å². The predicted molar refractivity (Wildman–Crippen MR) is 73.2 cm³/mol. The standard InChI is InChI=1S/C15H10N4/c16-9-12-1-5-14(6-2-12)19(11-18)15-7-3-13(10-17)4-8-15/h1-8,11,18H. The Morgan fingerprint density at radius 3 is 1.42 bits per heavy atom. The van der Waals surface area contributed by atoms with Crippen LogP contribution in [0.3, 0.4) is 0 Å². The Hall–Kier alpha value is -3.11. The first-order valence-corrected chi connectivity index (χ1v) is 5.58. The van der Waals surface area contributed by atoms with Crippen LogP contribution in [0.25, 0.3) is 0 Å². The molecule has 90 valence electrons. The first kappa shape index (κ1) is 12.3. The van der Waals surface area contributed by atoms with Crippen LogP contribution in [-0.2, 0) is 0 Å². The highest BCUT2D eigenvalue weighted by atomic mass is 15.1. The summed E-state index contributed by atoms with van der Waals surface area (Å²) in [5.41, 5.74) is 2.74. The third-order valence-electron chi connectivity index (χ3n) is 2.68. The van der Waals surface area contributed by atoms with E-state index in [4.69, 9.17) is 15.9 Å². The second kappa shape index (κ2) is 5.48. The molecule has 4 nitrogen and oxygen atoms in total. The summed E-state index contributed by atoms with van der Waals surface area (Å²) in [6.07, 6.45) is 1.20. The summed E-state index contributed by atoms with van der Waals surface area (Å²) in [6.45, 7) is 0. The highest BCUT2D eigenvalue weighted by molar-refractivity contribution is 5.87. The van der Waals surface area contributed by atoms with Gasteiger partial charge in [-0.05, 0) is 48.5 Å². The number of nitrogens with one attached hydrogen (secondary N) is 1. The molecule has 0 fully saturated rings. The van der Waals surface area contributed by atoms with Crippen LogP contribution >= 0.6 is 0 Å². The van der Waals surface area contributed by atoms with Crippen molar-refractivity contribution in [1.82, 2.24) is 0 Å². The molecular weight excluding hydrogens is 236 g/mol. The fourth-order valence-electron chi connectivity index (χ4n) is 1.69. The molecular formula is C15H10N4. The van der Waals surface area contributed by atoms with Crippen LogP contribution in [0.15, 0.2) is 48.5 Å². The van der Waals surface area contributed by atoms with Gasteiger partial charge in [0.15, 0.2) is 0 Å². The van der Waals surface area contributed by atoms with Gasteiger partial charge in [-0.15, -0.1) is 0 Å². The number of hydrogen-bond donors (Lipinski definition) is 1. The number of nitriles is 2. The van der Waals surface area contributed by atoms with Crippen molar-refractivity contribution >= 4 is 17.7 Å². The van der Waals surface area contributed by atoms with Gasteiger partial charge in [-0.3, -0.25) is 5.41 Å². The van der Waals surface area contributed by atoms with E-state index in [2.05, 4.69) is 12.1 Å². The van der Waals surface area contributed by atoms with Gasteiger partial charge in [0.05, 0.1) is 29.6 Å². The molecule has 0 aliphatic carbocycles. The lowest BCUT2D eigenvalue weighted by molar-refractivity contribution is 1.33. The second-order valence-corrected chi connectivity index (χ2v) is 3.82. The van der Waals surface area contributed by atoms with Crippen molar-refractivity contribution in [2.24, 2.45) is 0 Å². The Bertz CT molecular complexity index is 600. The van der Waals surface area contributed by atoms with Gasteiger partial charge in [-0.1, -0.05) is 0 Å². The molecule has 0 radical (unpaired) electrons. The first-order valence-electron chi connectivity index (χ1n) is 5.58. The van der Waals surface area contributed by atoms with Gasteiger partial charge < -0.3 is 4.90 Å². The molecule has 0 aliphatic rings. The van der Waals surface area contributed by atoms with E-state index in [0.29, 0.717) is 11.1 Å². The van der Waals surface area contributed by atoms with E-state index in [-0.39, 0.29) is 0 Å². The summed E-state index contributed by atoms with van der Waals surface area (Å²) in [6, 6.07) is 18.0. The summed E-state index contributed by atoms with van der Waals surface area (Å²) in [7, 11) is 0.